The van der Waals surface area contributed by atoms with Crippen LogP contribution in [-0.4, -0.2) is 50.9 Å². The molecule has 0 aromatic heterocycles. The van der Waals surface area contributed by atoms with E-state index < -0.39 is 35.1 Å². The van der Waals surface area contributed by atoms with Crippen molar-refractivity contribution in [1.29, 1.82) is 0 Å². The number of nitrogens with zero attached hydrogens (tertiary/aromatic N) is 1. The summed E-state index contributed by atoms with van der Waals surface area (Å²) < 4.78 is 60.2. The smallest absolute Gasteiger partial charge is 0.387 e. The van der Waals surface area contributed by atoms with Gasteiger partial charge in [0, 0.05) is 18.8 Å². The van der Waals surface area contributed by atoms with Gasteiger partial charge in [-0.05, 0) is 55.3 Å². The standard InChI is InChI=1S/C20H19ClF2N2O6S/c21-17-8-7-15(32(28,29)25-9-1-2-10-25)11-16(17)19(27)30-12-18(26)24-13-3-5-14(6-4-13)31-20(22)23/h3-8,11,20H,1-2,9-10,12H2,(H,24,26). The van der Waals surface area contributed by atoms with Crippen molar-refractivity contribution in [3.05, 3.63) is 53.1 Å². The van der Waals surface area contributed by atoms with Crippen LogP contribution in [0.4, 0.5) is 14.5 Å². The number of esters is 1. The maximum atomic E-state index is 12.7. The fraction of sp³-hybridized carbons (Fsp3) is 0.300. The Morgan fingerprint density at radius 2 is 1.75 bits per heavy atom. The van der Waals surface area contributed by atoms with E-state index in [1.807, 2.05) is 0 Å². The lowest BCUT2D eigenvalue weighted by molar-refractivity contribution is -0.119. The van der Waals surface area contributed by atoms with Crippen molar-refractivity contribution in [3.63, 3.8) is 0 Å². The Morgan fingerprint density at radius 1 is 1.09 bits per heavy atom. The van der Waals surface area contributed by atoms with Gasteiger partial charge in [-0.2, -0.15) is 13.1 Å². The van der Waals surface area contributed by atoms with Crippen LogP contribution in [0.3, 0.4) is 0 Å². The molecule has 0 radical (unpaired) electrons. The lowest BCUT2D eigenvalue weighted by Gasteiger charge is -2.16. The molecule has 32 heavy (non-hydrogen) atoms. The third-order valence-corrected chi connectivity index (χ3v) is 6.78. The summed E-state index contributed by atoms with van der Waals surface area (Å²) in [5.41, 5.74) is 0.0811. The topological polar surface area (TPSA) is 102 Å². The zero-order valence-electron chi connectivity index (χ0n) is 16.6. The van der Waals surface area contributed by atoms with Gasteiger partial charge in [-0.3, -0.25) is 4.79 Å². The molecule has 1 aliphatic rings. The summed E-state index contributed by atoms with van der Waals surface area (Å²) in [6.45, 7) is -2.83. The zero-order valence-corrected chi connectivity index (χ0v) is 18.2. The average Bonchev–Trinajstić information content (AvgIpc) is 3.29. The van der Waals surface area contributed by atoms with Crippen LogP contribution in [-0.2, 0) is 19.6 Å². The minimum absolute atomic E-state index is 0.0228. The third-order valence-electron chi connectivity index (χ3n) is 4.56. The number of anilines is 1. The molecule has 1 saturated heterocycles. The van der Waals surface area contributed by atoms with E-state index in [2.05, 4.69) is 10.1 Å². The predicted molar refractivity (Wildman–Crippen MR) is 111 cm³/mol. The number of rotatable bonds is 8. The van der Waals surface area contributed by atoms with Crippen LogP contribution in [0.25, 0.3) is 0 Å². The Bertz CT molecular complexity index is 1090. The molecule has 0 saturated carbocycles. The number of amides is 1. The van der Waals surface area contributed by atoms with Crippen molar-refractivity contribution in [2.24, 2.45) is 0 Å². The molecule has 1 N–H and O–H groups in total. The van der Waals surface area contributed by atoms with Crippen LogP contribution in [0, 0.1) is 0 Å². The van der Waals surface area contributed by atoms with Gasteiger partial charge in [0.1, 0.15) is 5.75 Å². The largest absolute Gasteiger partial charge is 0.452 e. The molecule has 12 heteroatoms. The van der Waals surface area contributed by atoms with Gasteiger partial charge in [0.05, 0.1) is 15.5 Å². The summed E-state index contributed by atoms with van der Waals surface area (Å²) in [4.78, 5) is 24.3. The fourth-order valence-corrected chi connectivity index (χ4v) is 4.76. The highest BCUT2D eigenvalue weighted by atomic mass is 35.5. The number of benzene rings is 2. The maximum absolute atomic E-state index is 12.7. The first kappa shape index (κ1) is 23.9. The number of carbonyl (C=O) groups excluding carboxylic acids is 2. The summed E-state index contributed by atoms with van der Waals surface area (Å²) in [7, 11) is -3.76. The third kappa shape index (κ3) is 5.93. The van der Waals surface area contributed by atoms with E-state index in [1.165, 1.54) is 40.7 Å². The minimum atomic E-state index is -3.76. The maximum Gasteiger partial charge on any atom is 0.387 e. The number of carbonyl (C=O) groups is 2. The van der Waals surface area contributed by atoms with Crippen molar-refractivity contribution >= 4 is 39.2 Å². The van der Waals surface area contributed by atoms with Crippen molar-refractivity contribution in [2.75, 3.05) is 25.0 Å². The molecule has 172 valence electrons. The highest BCUT2D eigenvalue weighted by molar-refractivity contribution is 7.89. The zero-order chi connectivity index (χ0) is 23.3. The summed E-state index contributed by atoms with van der Waals surface area (Å²) in [5.74, 6) is -1.75. The van der Waals surface area contributed by atoms with E-state index in [4.69, 9.17) is 16.3 Å². The monoisotopic (exact) mass is 488 g/mol. The lowest BCUT2D eigenvalue weighted by atomic mass is 10.2. The van der Waals surface area contributed by atoms with E-state index in [0.717, 1.165) is 18.9 Å². The lowest BCUT2D eigenvalue weighted by Crippen LogP contribution is -2.28. The first-order chi connectivity index (χ1) is 15.2. The van der Waals surface area contributed by atoms with Gasteiger partial charge in [0.25, 0.3) is 5.91 Å². The van der Waals surface area contributed by atoms with Crippen LogP contribution in [0.15, 0.2) is 47.4 Å². The van der Waals surface area contributed by atoms with Crippen molar-refractivity contribution < 1.29 is 36.3 Å². The molecular formula is C20H19ClF2N2O6S. The summed E-state index contributed by atoms with van der Waals surface area (Å²) >= 11 is 6.02. The van der Waals surface area contributed by atoms with Gasteiger partial charge in [0.15, 0.2) is 6.61 Å². The fourth-order valence-electron chi connectivity index (χ4n) is 3.02. The molecule has 1 fully saturated rings. The highest BCUT2D eigenvalue weighted by Crippen LogP contribution is 2.26. The summed E-state index contributed by atoms with van der Waals surface area (Å²) in [5, 5.41) is 2.40. The number of sulfonamides is 1. The molecule has 0 aliphatic carbocycles. The molecule has 8 nitrogen and oxygen atoms in total. The molecule has 2 aromatic carbocycles. The Balaban J connectivity index is 1.61. The van der Waals surface area contributed by atoms with Crippen LogP contribution in [0.1, 0.15) is 23.2 Å². The summed E-state index contributed by atoms with van der Waals surface area (Å²) in [6, 6.07) is 8.85. The molecular weight excluding hydrogens is 470 g/mol. The van der Waals surface area contributed by atoms with E-state index in [9.17, 15) is 26.8 Å². The van der Waals surface area contributed by atoms with E-state index in [1.54, 1.807) is 0 Å². The van der Waals surface area contributed by atoms with E-state index in [-0.39, 0.29) is 26.9 Å². The SMILES string of the molecule is O=C(COC(=O)c1cc(S(=O)(=O)N2CCCC2)ccc1Cl)Nc1ccc(OC(F)F)cc1. The normalized spacial score (nSPS) is 14.4. The van der Waals surface area contributed by atoms with Crippen LogP contribution in [0.5, 0.6) is 5.75 Å². The first-order valence-electron chi connectivity index (χ1n) is 9.48. The van der Waals surface area contributed by atoms with Crippen molar-refractivity contribution in [2.45, 2.75) is 24.3 Å². The average molecular weight is 489 g/mol. The Kier molecular flexibility index (Phi) is 7.64. The minimum Gasteiger partial charge on any atom is -0.452 e. The quantitative estimate of drug-likeness (QED) is 0.570. The van der Waals surface area contributed by atoms with Gasteiger partial charge >= 0.3 is 12.6 Å². The Labute approximate surface area is 188 Å². The number of alkyl halides is 2. The van der Waals surface area contributed by atoms with E-state index in [0.29, 0.717) is 13.1 Å². The Hall–Kier alpha value is -2.76. The van der Waals surface area contributed by atoms with Gasteiger partial charge in [0.2, 0.25) is 10.0 Å². The van der Waals surface area contributed by atoms with Gasteiger partial charge in [-0.25, -0.2) is 13.2 Å². The molecule has 0 spiro atoms. The molecule has 0 atom stereocenters. The summed E-state index contributed by atoms with van der Waals surface area (Å²) in [6.07, 6.45) is 1.53. The second-order valence-corrected chi connectivity index (χ2v) is 9.13. The van der Waals surface area contributed by atoms with Crippen LogP contribution < -0.4 is 10.1 Å². The molecule has 1 amide bonds. The second-order valence-electron chi connectivity index (χ2n) is 6.78. The van der Waals surface area contributed by atoms with Gasteiger partial charge in [-0.15, -0.1) is 0 Å². The predicted octanol–water partition coefficient (Wildman–Crippen LogP) is 3.52. The van der Waals surface area contributed by atoms with Gasteiger partial charge < -0.3 is 14.8 Å². The number of halogens is 3. The molecule has 1 aliphatic heterocycles. The number of hydrogen-bond donors (Lipinski definition) is 1. The number of nitrogens with one attached hydrogen (secondary N) is 1. The number of hydrogen-bond acceptors (Lipinski definition) is 6. The molecule has 1 heterocycles. The molecule has 2 aromatic rings. The Morgan fingerprint density at radius 3 is 2.38 bits per heavy atom. The molecule has 0 bridgehead atoms. The van der Waals surface area contributed by atoms with Crippen molar-refractivity contribution in [1.82, 2.24) is 4.31 Å². The molecule has 3 rings (SSSR count). The molecule has 0 unspecified atom stereocenters. The highest BCUT2D eigenvalue weighted by Gasteiger charge is 2.28. The van der Waals surface area contributed by atoms with Gasteiger partial charge in [-0.1, -0.05) is 11.6 Å². The number of ether oxygens (including phenoxy) is 2. The van der Waals surface area contributed by atoms with Crippen LogP contribution in [0.2, 0.25) is 5.02 Å². The first-order valence-corrected chi connectivity index (χ1v) is 11.3. The second kappa shape index (κ2) is 10.2. The van der Waals surface area contributed by atoms with E-state index >= 15 is 0 Å². The van der Waals surface area contributed by atoms with Crippen LogP contribution >= 0.6 is 11.6 Å². The van der Waals surface area contributed by atoms with Crippen molar-refractivity contribution in [3.8, 4) is 5.75 Å².